The molecule has 7 heteroatoms. The minimum Gasteiger partial charge on any atom is -0.369 e. The van der Waals surface area contributed by atoms with Crippen molar-refractivity contribution in [2.75, 3.05) is 43.4 Å². The number of piperazine rings is 1. The second kappa shape index (κ2) is 7.15. The lowest BCUT2D eigenvalue weighted by molar-refractivity contribution is 0.101. The minimum atomic E-state index is -0.157. The van der Waals surface area contributed by atoms with Gasteiger partial charge in [0.15, 0.2) is 11.6 Å². The number of carbonyl (C=O) groups excluding carboxylic acids is 1. The van der Waals surface area contributed by atoms with Crippen molar-refractivity contribution in [2.45, 2.75) is 6.92 Å². The van der Waals surface area contributed by atoms with E-state index in [2.05, 4.69) is 44.3 Å². The van der Waals surface area contributed by atoms with Crippen molar-refractivity contribution in [3.63, 3.8) is 0 Å². The Kier molecular flexibility index (Phi) is 4.97. The van der Waals surface area contributed by atoms with Crippen molar-refractivity contribution < 1.29 is 4.79 Å². The number of halogens is 1. The average Bonchev–Trinajstić information content (AvgIpc) is 2.56. The maximum absolute atomic E-state index is 11.7. The molecule has 1 N–H and O–H groups in total. The highest BCUT2D eigenvalue weighted by molar-refractivity contribution is 6.29. The summed E-state index contributed by atoms with van der Waals surface area (Å²) in [5.41, 5.74) is 2.31. The van der Waals surface area contributed by atoms with E-state index >= 15 is 0 Å². The van der Waals surface area contributed by atoms with Gasteiger partial charge in [0.2, 0.25) is 0 Å². The maximum Gasteiger partial charge on any atom is 0.181 e. The van der Waals surface area contributed by atoms with Gasteiger partial charge in [-0.3, -0.25) is 4.79 Å². The van der Waals surface area contributed by atoms with Crippen LogP contribution in [0.3, 0.4) is 0 Å². The van der Waals surface area contributed by atoms with Gasteiger partial charge in [-0.15, -0.1) is 0 Å². The number of anilines is 3. The van der Waals surface area contributed by atoms with E-state index < -0.39 is 0 Å². The van der Waals surface area contributed by atoms with Gasteiger partial charge in [0, 0.05) is 44.5 Å². The fraction of sp³-hybridized carbons (Fsp3) is 0.353. The first-order valence-corrected chi connectivity index (χ1v) is 8.25. The van der Waals surface area contributed by atoms with Crippen molar-refractivity contribution in [1.29, 1.82) is 0 Å². The molecule has 1 aromatic carbocycles. The third-order valence-electron chi connectivity index (χ3n) is 4.08. The Morgan fingerprint density at radius 1 is 1.17 bits per heavy atom. The molecule has 0 aliphatic carbocycles. The summed E-state index contributed by atoms with van der Waals surface area (Å²) >= 11 is 5.89. The molecule has 0 atom stereocenters. The Labute approximate surface area is 146 Å². The van der Waals surface area contributed by atoms with Gasteiger partial charge in [0.25, 0.3) is 0 Å². The Balaban J connectivity index is 1.75. The van der Waals surface area contributed by atoms with E-state index in [-0.39, 0.29) is 16.6 Å². The van der Waals surface area contributed by atoms with Crippen molar-refractivity contribution in [1.82, 2.24) is 14.9 Å². The monoisotopic (exact) mass is 345 g/mol. The Hall–Kier alpha value is -2.18. The van der Waals surface area contributed by atoms with Crippen LogP contribution >= 0.6 is 11.6 Å². The van der Waals surface area contributed by atoms with Crippen LogP contribution in [0.25, 0.3) is 0 Å². The number of likely N-dealkylation sites (N-methyl/N-ethyl adjacent to an activating group) is 1. The number of aromatic nitrogens is 2. The fourth-order valence-corrected chi connectivity index (χ4v) is 2.80. The number of carbonyl (C=O) groups is 1. The maximum atomic E-state index is 11.7. The van der Waals surface area contributed by atoms with Crippen LogP contribution in [0.1, 0.15) is 17.4 Å². The predicted molar refractivity (Wildman–Crippen MR) is 96.5 cm³/mol. The summed E-state index contributed by atoms with van der Waals surface area (Å²) in [6, 6.07) is 8.08. The molecule has 1 aliphatic heterocycles. The van der Waals surface area contributed by atoms with Crippen molar-refractivity contribution in [2.24, 2.45) is 0 Å². The second-order valence-electron chi connectivity index (χ2n) is 5.91. The molecule has 6 nitrogen and oxygen atoms in total. The molecule has 126 valence electrons. The summed E-state index contributed by atoms with van der Waals surface area (Å²) in [5.74, 6) is 0.220. The molecule has 0 unspecified atom stereocenters. The standard InChI is InChI=1S/C17H20ClN5O/c1-12(24)16-17(21-15(18)11-19-16)20-13-3-5-14(6-4-13)23-9-7-22(2)8-10-23/h3-6,11H,7-10H2,1-2H3,(H,20,21). The predicted octanol–water partition coefficient (Wildman–Crippen LogP) is 2.83. The van der Waals surface area contributed by atoms with Crippen LogP contribution in [0.5, 0.6) is 0 Å². The summed E-state index contributed by atoms with van der Waals surface area (Å²) in [4.78, 5) is 24.6. The summed E-state index contributed by atoms with van der Waals surface area (Å²) in [6.07, 6.45) is 1.37. The highest BCUT2D eigenvalue weighted by Crippen LogP contribution is 2.23. The number of benzene rings is 1. The van der Waals surface area contributed by atoms with Gasteiger partial charge in [-0.1, -0.05) is 11.6 Å². The molecule has 1 aromatic heterocycles. The molecule has 24 heavy (non-hydrogen) atoms. The Bertz CT molecular complexity index is 726. The van der Waals surface area contributed by atoms with Gasteiger partial charge < -0.3 is 15.1 Å². The molecule has 1 saturated heterocycles. The van der Waals surface area contributed by atoms with E-state index in [0.717, 1.165) is 31.9 Å². The number of rotatable bonds is 4. The first-order valence-electron chi connectivity index (χ1n) is 7.87. The topological polar surface area (TPSA) is 61.4 Å². The molecule has 0 amide bonds. The van der Waals surface area contributed by atoms with Crippen LogP contribution in [0.4, 0.5) is 17.2 Å². The Morgan fingerprint density at radius 3 is 2.46 bits per heavy atom. The lowest BCUT2D eigenvalue weighted by Crippen LogP contribution is -2.44. The van der Waals surface area contributed by atoms with E-state index in [1.165, 1.54) is 18.8 Å². The Morgan fingerprint density at radius 2 is 1.83 bits per heavy atom. The number of nitrogens with zero attached hydrogens (tertiary/aromatic N) is 4. The van der Waals surface area contributed by atoms with Gasteiger partial charge >= 0.3 is 0 Å². The third-order valence-corrected chi connectivity index (χ3v) is 4.26. The van der Waals surface area contributed by atoms with Crippen molar-refractivity contribution >= 4 is 34.6 Å². The third kappa shape index (κ3) is 3.83. The van der Waals surface area contributed by atoms with Gasteiger partial charge in [-0.05, 0) is 31.3 Å². The number of hydrogen-bond acceptors (Lipinski definition) is 6. The molecule has 2 heterocycles. The van der Waals surface area contributed by atoms with Crippen molar-refractivity contribution in [3.8, 4) is 0 Å². The zero-order chi connectivity index (χ0) is 17.1. The van der Waals surface area contributed by atoms with Crippen molar-refractivity contribution in [3.05, 3.63) is 41.3 Å². The first kappa shape index (κ1) is 16.7. The highest BCUT2D eigenvalue weighted by atomic mass is 35.5. The molecule has 1 aliphatic rings. The van der Waals surface area contributed by atoms with Crippen LogP contribution < -0.4 is 10.2 Å². The van der Waals surface area contributed by atoms with Crippen LogP contribution in [-0.4, -0.2) is 53.9 Å². The van der Waals surface area contributed by atoms with Crippen LogP contribution in [-0.2, 0) is 0 Å². The zero-order valence-electron chi connectivity index (χ0n) is 13.8. The molecule has 0 spiro atoms. The average molecular weight is 346 g/mol. The van der Waals surface area contributed by atoms with Gasteiger partial charge in [0.1, 0.15) is 10.8 Å². The number of hydrogen-bond donors (Lipinski definition) is 1. The number of Topliss-reactive ketones (excluding diaryl/α,β-unsaturated/α-hetero) is 1. The van der Waals surface area contributed by atoms with E-state index in [0.29, 0.717) is 5.82 Å². The summed E-state index contributed by atoms with van der Waals surface area (Å²) in [7, 11) is 2.14. The fourth-order valence-electron chi connectivity index (χ4n) is 2.67. The van der Waals surface area contributed by atoms with Crippen LogP contribution in [0.2, 0.25) is 5.15 Å². The van der Waals surface area contributed by atoms with E-state index in [1.54, 1.807) is 0 Å². The molecule has 1 fully saturated rings. The van der Waals surface area contributed by atoms with Crippen LogP contribution in [0.15, 0.2) is 30.5 Å². The van der Waals surface area contributed by atoms with Gasteiger partial charge in [-0.25, -0.2) is 9.97 Å². The number of nitrogens with one attached hydrogen (secondary N) is 1. The lowest BCUT2D eigenvalue weighted by Gasteiger charge is -2.34. The molecular formula is C17H20ClN5O. The SMILES string of the molecule is CC(=O)c1ncc(Cl)nc1Nc1ccc(N2CCN(C)CC2)cc1. The quantitative estimate of drug-likeness (QED) is 0.860. The lowest BCUT2D eigenvalue weighted by atomic mass is 10.2. The van der Waals surface area contributed by atoms with Crippen LogP contribution in [0, 0.1) is 0 Å². The number of ketones is 1. The molecule has 2 aromatic rings. The normalized spacial score (nSPS) is 15.4. The summed E-state index contributed by atoms with van der Waals surface area (Å²) in [6.45, 7) is 5.65. The van der Waals surface area contributed by atoms with E-state index in [9.17, 15) is 4.79 Å². The van der Waals surface area contributed by atoms with E-state index in [4.69, 9.17) is 11.6 Å². The largest absolute Gasteiger partial charge is 0.369 e. The summed E-state index contributed by atoms with van der Waals surface area (Å²) in [5, 5.41) is 3.37. The smallest absolute Gasteiger partial charge is 0.181 e. The molecule has 3 rings (SSSR count). The second-order valence-corrected chi connectivity index (χ2v) is 6.30. The van der Waals surface area contributed by atoms with Gasteiger partial charge in [0.05, 0.1) is 6.20 Å². The molecule has 0 bridgehead atoms. The molecular weight excluding hydrogens is 326 g/mol. The van der Waals surface area contributed by atoms with Gasteiger partial charge in [-0.2, -0.15) is 0 Å². The van der Waals surface area contributed by atoms with E-state index in [1.807, 2.05) is 12.1 Å². The highest BCUT2D eigenvalue weighted by Gasteiger charge is 2.15. The molecule has 0 radical (unpaired) electrons. The molecule has 0 saturated carbocycles. The first-order chi connectivity index (χ1) is 11.5. The minimum absolute atomic E-state index is 0.157. The summed E-state index contributed by atoms with van der Waals surface area (Å²) < 4.78 is 0. The zero-order valence-corrected chi connectivity index (χ0v) is 14.5.